The van der Waals surface area contributed by atoms with Gasteiger partial charge in [0.05, 0.1) is 60.4 Å². The Hall–Kier alpha value is -12.4. The third kappa shape index (κ3) is 7.97. The lowest BCUT2D eigenvalue weighted by molar-refractivity contribution is 1.02. The predicted molar refractivity (Wildman–Crippen MR) is 393 cm³/mol. The molecule has 8 heteroatoms. The van der Waals surface area contributed by atoms with E-state index in [4.69, 9.17) is 19.9 Å². The van der Waals surface area contributed by atoms with Crippen LogP contribution in [0.2, 0.25) is 0 Å². The van der Waals surface area contributed by atoms with Gasteiger partial charge >= 0.3 is 0 Å². The average Bonchev–Trinajstić information content (AvgIpc) is 1.53. The van der Waals surface area contributed by atoms with Crippen LogP contribution in [-0.2, 0) is 0 Å². The molecule has 14 aromatic carbocycles. The van der Waals surface area contributed by atoms with Crippen LogP contribution in [0, 0.1) is 0 Å². The second-order valence-electron chi connectivity index (χ2n) is 24.4. The zero-order chi connectivity index (χ0) is 61.5. The van der Waals surface area contributed by atoms with Crippen molar-refractivity contribution < 1.29 is 0 Å². The highest BCUT2D eigenvalue weighted by molar-refractivity contribution is 7.27. The van der Waals surface area contributed by atoms with Crippen molar-refractivity contribution in [2.24, 2.45) is 0 Å². The number of para-hydroxylation sites is 4. The van der Waals surface area contributed by atoms with Gasteiger partial charge in [0, 0.05) is 92.2 Å². The van der Waals surface area contributed by atoms with Gasteiger partial charge in [0.25, 0.3) is 0 Å². The number of thiophene rings is 1. The minimum absolute atomic E-state index is 0.635. The van der Waals surface area contributed by atoms with Crippen molar-refractivity contribution in [3.05, 3.63) is 309 Å². The van der Waals surface area contributed by atoms with E-state index in [0.29, 0.717) is 11.8 Å². The van der Waals surface area contributed by atoms with Crippen molar-refractivity contribution in [1.29, 1.82) is 0 Å². The summed E-state index contributed by atoms with van der Waals surface area (Å²) in [6.45, 7) is 0. The van der Waals surface area contributed by atoms with Crippen LogP contribution in [0.5, 0.6) is 0 Å². The molecule has 20 rings (SSSR count). The fraction of sp³-hybridized carbons (Fsp3) is 0. The first-order chi connectivity index (χ1) is 46.6. The van der Waals surface area contributed by atoms with Crippen molar-refractivity contribution in [2.45, 2.75) is 0 Å². The summed E-state index contributed by atoms with van der Waals surface area (Å²) in [4.78, 5) is 22.3. The van der Waals surface area contributed by atoms with E-state index in [0.717, 1.165) is 127 Å². The molecule has 0 bridgehead atoms. The van der Waals surface area contributed by atoms with E-state index in [1.807, 2.05) is 23.5 Å². The molecule has 0 unspecified atom stereocenters. The second-order valence-corrected chi connectivity index (χ2v) is 25.5. The SMILES string of the molecule is c1ccc(-c2cc(-c3ccccc3)nc(-c3cc(-n4c5ccccc5c5ccccc54)cc(-n4c5ccccc5c5cc(-c6cccc(-c7nc(-n8c9ccccc9c9c%10ccccc%10c%10c%11ccccc%11sc%10c98)nc8c7ccc7ccccc78)c6)ccc54)c3)n2)cc1. The Balaban J connectivity index is 0.789. The fourth-order valence-corrected chi connectivity index (χ4v) is 16.3. The molecular weight excluding hydrogens is 1160 g/mol. The van der Waals surface area contributed by atoms with E-state index in [2.05, 4.69) is 311 Å². The lowest BCUT2D eigenvalue weighted by Gasteiger charge is -2.16. The molecule has 6 heterocycles. The Kier molecular flexibility index (Phi) is 11.5. The standard InChI is InChI=1S/C86H51N7S/c1-3-23-53(24-4-1)71-51-72(54-25-5-2-6-26-54)88-85(87-71)58-47-59(91-73-37-16-11-30-62(73)63-31-12-17-38-74(63)91)50-60(48-58)92-75-39-18-13-32-64(75)70-49-56(43-45-77(70)92)55-27-21-28-57(46-55)81-69-44-42-52-22-7-8-29-61(52)82(69)90-86(89-81)93-76-40-19-14-35-67(76)79-65-33-9-10-34-66(65)80-68-36-15-20-41-78(68)94-84(80)83(79)93/h1-51H. The largest absolute Gasteiger partial charge is 0.309 e. The molecule has 0 fully saturated rings. The molecule has 7 nitrogen and oxygen atoms in total. The third-order valence-electron chi connectivity index (χ3n) is 19.2. The smallest absolute Gasteiger partial charge is 0.235 e. The maximum atomic E-state index is 5.79. The van der Waals surface area contributed by atoms with Crippen molar-refractivity contribution in [3.8, 4) is 73.6 Å². The van der Waals surface area contributed by atoms with E-state index in [1.165, 1.54) is 52.5 Å². The fourth-order valence-electron chi connectivity index (χ4n) is 15.1. The first-order valence-electron chi connectivity index (χ1n) is 31.9. The van der Waals surface area contributed by atoms with Crippen molar-refractivity contribution in [2.75, 3.05) is 0 Å². The normalized spacial score (nSPS) is 12.0. The predicted octanol–water partition coefficient (Wildman–Crippen LogP) is 22.7. The topological polar surface area (TPSA) is 66.3 Å². The summed E-state index contributed by atoms with van der Waals surface area (Å²) in [5.74, 6) is 1.28. The van der Waals surface area contributed by atoms with Crippen LogP contribution in [0.15, 0.2) is 309 Å². The minimum atomic E-state index is 0.635. The van der Waals surface area contributed by atoms with E-state index in [9.17, 15) is 0 Å². The minimum Gasteiger partial charge on any atom is -0.309 e. The summed E-state index contributed by atoms with van der Waals surface area (Å²) in [7, 11) is 0. The number of benzene rings is 14. The van der Waals surface area contributed by atoms with Gasteiger partial charge in [-0.05, 0) is 106 Å². The summed E-state index contributed by atoms with van der Waals surface area (Å²) in [5, 5.41) is 15.3. The molecule has 0 atom stereocenters. The number of nitrogens with zero attached hydrogens (tertiary/aromatic N) is 7. The number of fused-ring (bicyclic) bond motifs is 19. The highest BCUT2D eigenvalue weighted by Gasteiger charge is 2.26. The number of hydrogen-bond donors (Lipinski definition) is 0. The molecule has 6 aromatic heterocycles. The molecule has 0 aliphatic heterocycles. The summed E-state index contributed by atoms with van der Waals surface area (Å²) < 4.78 is 9.66. The summed E-state index contributed by atoms with van der Waals surface area (Å²) in [6, 6.07) is 112. The van der Waals surface area contributed by atoms with Crippen molar-refractivity contribution in [1.82, 2.24) is 33.6 Å². The molecule has 20 aromatic rings. The first-order valence-corrected chi connectivity index (χ1v) is 32.7. The van der Waals surface area contributed by atoms with E-state index >= 15 is 0 Å². The maximum Gasteiger partial charge on any atom is 0.235 e. The monoisotopic (exact) mass is 1210 g/mol. The molecular formula is C86H51N7S. The molecule has 0 aliphatic carbocycles. The summed E-state index contributed by atoms with van der Waals surface area (Å²) in [5.41, 5.74) is 18.3. The number of hydrogen-bond acceptors (Lipinski definition) is 5. The molecule has 0 amide bonds. The van der Waals surface area contributed by atoms with Crippen LogP contribution in [0.25, 0.3) is 192 Å². The van der Waals surface area contributed by atoms with Gasteiger partial charge < -0.3 is 9.13 Å². The van der Waals surface area contributed by atoms with Gasteiger partial charge in [0.1, 0.15) is 0 Å². The maximum absolute atomic E-state index is 5.79. The number of aromatic nitrogens is 7. The Morgan fingerprint density at radius 1 is 0.266 bits per heavy atom. The van der Waals surface area contributed by atoms with Crippen LogP contribution in [0.4, 0.5) is 0 Å². The van der Waals surface area contributed by atoms with Crippen LogP contribution in [0.3, 0.4) is 0 Å². The lowest BCUT2D eigenvalue weighted by atomic mass is 9.97. The molecule has 0 N–H and O–H groups in total. The van der Waals surface area contributed by atoms with Gasteiger partial charge in [-0.15, -0.1) is 11.3 Å². The van der Waals surface area contributed by atoms with Gasteiger partial charge in [0.15, 0.2) is 5.82 Å². The third-order valence-corrected chi connectivity index (χ3v) is 20.4. The van der Waals surface area contributed by atoms with Gasteiger partial charge in [-0.25, -0.2) is 19.9 Å². The lowest BCUT2D eigenvalue weighted by Crippen LogP contribution is -2.04. The van der Waals surface area contributed by atoms with Gasteiger partial charge in [-0.2, -0.15) is 0 Å². The van der Waals surface area contributed by atoms with Crippen LogP contribution in [0.1, 0.15) is 0 Å². The van der Waals surface area contributed by atoms with Crippen LogP contribution < -0.4 is 0 Å². The average molecular weight is 1210 g/mol. The highest BCUT2D eigenvalue weighted by Crippen LogP contribution is 2.49. The Labute approximate surface area is 542 Å². The Bertz CT molecular complexity index is 6440. The van der Waals surface area contributed by atoms with Crippen molar-refractivity contribution in [3.63, 3.8) is 0 Å². The summed E-state index contributed by atoms with van der Waals surface area (Å²) in [6.07, 6.45) is 0. The molecule has 0 radical (unpaired) electrons. The zero-order valence-corrected chi connectivity index (χ0v) is 51.3. The van der Waals surface area contributed by atoms with Crippen LogP contribution in [-0.4, -0.2) is 33.6 Å². The van der Waals surface area contributed by atoms with E-state index in [-0.39, 0.29) is 0 Å². The van der Waals surface area contributed by atoms with E-state index in [1.54, 1.807) is 0 Å². The Morgan fingerprint density at radius 2 is 0.766 bits per heavy atom. The zero-order valence-electron chi connectivity index (χ0n) is 50.5. The van der Waals surface area contributed by atoms with Gasteiger partial charge in [-0.1, -0.05) is 231 Å². The van der Waals surface area contributed by atoms with E-state index < -0.39 is 0 Å². The molecule has 0 saturated heterocycles. The molecule has 0 aliphatic rings. The molecule has 0 spiro atoms. The second kappa shape index (κ2) is 20.6. The van der Waals surface area contributed by atoms with Crippen molar-refractivity contribution >= 4 is 129 Å². The van der Waals surface area contributed by atoms with Gasteiger partial charge in [-0.3, -0.25) is 4.57 Å². The quantitative estimate of drug-likeness (QED) is 0.142. The number of rotatable bonds is 8. The highest BCUT2D eigenvalue weighted by atomic mass is 32.1. The van der Waals surface area contributed by atoms with Gasteiger partial charge in [0.2, 0.25) is 5.95 Å². The molecule has 94 heavy (non-hydrogen) atoms. The summed E-state index contributed by atoms with van der Waals surface area (Å²) >= 11 is 1.85. The molecule has 0 saturated carbocycles. The van der Waals surface area contributed by atoms with Crippen LogP contribution >= 0.6 is 11.3 Å². The Morgan fingerprint density at radius 3 is 1.43 bits per heavy atom. The molecule has 436 valence electrons. The first kappa shape index (κ1) is 52.4.